The summed E-state index contributed by atoms with van der Waals surface area (Å²) in [5.41, 5.74) is 1.37. The van der Waals surface area contributed by atoms with E-state index in [-0.39, 0.29) is 5.03 Å². The van der Waals surface area contributed by atoms with Gasteiger partial charge in [0.15, 0.2) is 5.03 Å². The van der Waals surface area contributed by atoms with Gasteiger partial charge in [-0.2, -0.15) is 0 Å². The van der Waals surface area contributed by atoms with Gasteiger partial charge in [-0.25, -0.2) is 23.4 Å². The Morgan fingerprint density at radius 1 is 1.09 bits per heavy atom. The summed E-state index contributed by atoms with van der Waals surface area (Å²) in [6.45, 7) is 6.28. The van der Waals surface area contributed by atoms with Crippen LogP contribution in [0.4, 0.5) is 11.5 Å². The highest BCUT2D eigenvalue weighted by atomic mass is 79.9. The molecule has 0 radical (unpaired) electrons. The van der Waals surface area contributed by atoms with E-state index in [0.29, 0.717) is 16.7 Å². The molecule has 3 heterocycles. The van der Waals surface area contributed by atoms with Crippen LogP contribution in [0.1, 0.15) is 12.8 Å². The van der Waals surface area contributed by atoms with Gasteiger partial charge in [0.1, 0.15) is 12.1 Å². The summed E-state index contributed by atoms with van der Waals surface area (Å²) in [6.07, 6.45) is 6.42. The Bertz CT molecular complexity index is 1280. The number of pyridine rings is 1. The first-order valence-corrected chi connectivity index (χ1v) is 13.9. The van der Waals surface area contributed by atoms with Gasteiger partial charge in [0.25, 0.3) is 0 Å². The van der Waals surface area contributed by atoms with Crippen molar-refractivity contribution in [2.75, 3.05) is 51.6 Å². The zero-order valence-electron chi connectivity index (χ0n) is 19.7. The molecule has 11 heteroatoms. The predicted octanol–water partition coefficient (Wildman–Crippen LogP) is 3.39. The number of fused-ring (bicyclic) bond motifs is 1. The molecule has 0 unspecified atom stereocenters. The maximum atomic E-state index is 12.8. The number of rotatable bonds is 10. The lowest BCUT2D eigenvalue weighted by Crippen LogP contribution is -2.44. The highest BCUT2D eigenvalue weighted by Crippen LogP contribution is 2.26. The number of nitrogens with one attached hydrogen (secondary N) is 2. The molecule has 3 aromatic rings. The molecule has 35 heavy (non-hydrogen) atoms. The standard InChI is InChI=1S/C24H30BrN7O2S/c1-31-10-12-32(13-11-31)9-3-2-7-26-8-14-35(33,34)23-16-21-22(17-27-23)28-18-29-24(21)30-20-6-4-5-19(25)15-20/h4-6,8,14-18,26H,2-3,7,9-13H2,1H3,(H,28,29,30). The fourth-order valence-corrected chi connectivity index (χ4v) is 5.12. The van der Waals surface area contributed by atoms with Crippen molar-refractivity contribution in [2.24, 2.45) is 0 Å². The zero-order valence-corrected chi connectivity index (χ0v) is 22.1. The minimum Gasteiger partial charge on any atom is -0.390 e. The van der Waals surface area contributed by atoms with E-state index in [1.165, 1.54) is 24.8 Å². The van der Waals surface area contributed by atoms with E-state index in [4.69, 9.17) is 0 Å². The molecule has 0 saturated carbocycles. The molecule has 1 aliphatic rings. The van der Waals surface area contributed by atoms with Gasteiger partial charge < -0.3 is 20.4 Å². The molecule has 186 valence electrons. The second kappa shape index (κ2) is 11.9. The first-order chi connectivity index (χ1) is 16.9. The Labute approximate surface area is 214 Å². The smallest absolute Gasteiger partial charge is 0.218 e. The fourth-order valence-electron chi connectivity index (χ4n) is 3.82. The average molecular weight is 561 g/mol. The highest BCUT2D eigenvalue weighted by Gasteiger charge is 2.16. The van der Waals surface area contributed by atoms with E-state index in [0.717, 1.165) is 67.7 Å². The van der Waals surface area contributed by atoms with E-state index in [1.807, 2.05) is 24.3 Å². The molecule has 1 aromatic carbocycles. The normalized spacial score (nSPS) is 15.6. The number of anilines is 2. The van der Waals surface area contributed by atoms with Gasteiger partial charge in [0, 0.05) is 54.5 Å². The minimum absolute atomic E-state index is 0.0507. The van der Waals surface area contributed by atoms with Gasteiger partial charge in [-0.05, 0) is 50.7 Å². The molecular formula is C24H30BrN7O2S. The van der Waals surface area contributed by atoms with Crippen LogP contribution in [0.3, 0.4) is 0 Å². The monoisotopic (exact) mass is 559 g/mol. The van der Waals surface area contributed by atoms with Crippen LogP contribution in [0.2, 0.25) is 0 Å². The van der Waals surface area contributed by atoms with E-state index in [1.54, 1.807) is 0 Å². The molecule has 4 rings (SSSR count). The maximum absolute atomic E-state index is 12.8. The van der Waals surface area contributed by atoms with Gasteiger partial charge >= 0.3 is 0 Å². The van der Waals surface area contributed by atoms with Crippen LogP contribution in [-0.4, -0.2) is 79.5 Å². The quantitative estimate of drug-likeness (QED) is 0.361. The van der Waals surface area contributed by atoms with Crippen molar-refractivity contribution in [3.05, 3.63) is 58.9 Å². The number of piperazine rings is 1. The molecule has 1 fully saturated rings. The number of unbranched alkanes of at least 4 members (excludes halogenated alkanes) is 1. The lowest BCUT2D eigenvalue weighted by molar-refractivity contribution is 0.152. The lowest BCUT2D eigenvalue weighted by Gasteiger charge is -2.32. The summed E-state index contributed by atoms with van der Waals surface area (Å²) in [5.74, 6) is 0.509. The molecule has 2 aromatic heterocycles. The SMILES string of the molecule is CN1CCN(CCCCNC=CS(=O)(=O)c2cc3c(Nc4cccc(Br)c4)ncnc3cn2)CC1. The Morgan fingerprint density at radius 3 is 2.71 bits per heavy atom. The van der Waals surface area contributed by atoms with Gasteiger partial charge in [-0.1, -0.05) is 22.0 Å². The average Bonchev–Trinajstić information content (AvgIpc) is 2.84. The van der Waals surface area contributed by atoms with E-state index >= 15 is 0 Å². The molecule has 0 bridgehead atoms. The van der Waals surface area contributed by atoms with Gasteiger partial charge in [0.2, 0.25) is 9.84 Å². The molecule has 1 aliphatic heterocycles. The highest BCUT2D eigenvalue weighted by molar-refractivity contribution is 9.10. The maximum Gasteiger partial charge on any atom is 0.218 e. The van der Waals surface area contributed by atoms with Crippen molar-refractivity contribution in [3.8, 4) is 0 Å². The Kier molecular flexibility index (Phi) is 8.66. The van der Waals surface area contributed by atoms with Crippen molar-refractivity contribution in [2.45, 2.75) is 17.9 Å². The molecule has 0 amide bonds. The molecule has 2 N–H and O–H groups in total. The second-order valence-corrected chi connectivity index (χ2v) is 11.2. The topological polar surface area (TPSA) is 103 Å². The van der Waals surface area contributed by atoms with Crippen LogP contribution in [0.25, 0.3) is 10.9 Å². The van der Waals surface area contributed by atoms with Crippen LogP contribution in [0.15, 0.2) is 64.0 Å². The van der Waals surface area contributed by atoms with Gasteiger partial charge in [0.05, 0.1) is 17.1 Å². The van der Waals surface area contributed by atoms with Crippen LogP contribution >= 0.6 is 15.9 Å². The number of hydrogen-bond acceptors (Lipinski definition) is 9. The first kappa shape index (κ1) is 25.5. The van der Waals surface area contributed by atoms with Crippen LogP contribution < -0.4 is 10.6 Å². The largest absolute Gasteiger partial charge is 0.390 e. The number of sulfone groups is 1. The van der Waals surface area contributed by atoms with Crippen molar-refractivity contribution < 1.29 is 8.42 Å². The molecule has 1 saturated heterocycles. The third-order valence-electron chi connectivity index (χ3n) is 5.88. The number of likely N-dealkylation sites (N-methyl/N-ethyl adjacent to an activating group) is 1. The van der Waals surface area contributed by atoms with Crippen molar-refractivity contribution in [3.63, 3.8) is 0 Å². The summed E-state index contributed by atoms with van der Waals surface area (Å²) >= 11 is 3.45. The summed E-state index contributed by atoms with van der Waals surface area (Å²) in [6, 6.07) is 9.14. The molecular weight excluding hydrogens is 530 g/mol. The number of halogens is 1. The van der Waals surface area contributed by atoms with Crippen LogP contribution in [-0.2, 0) is 9.84 Å². The van der Waals surface area contributed by atoms with Gasteiger partial charge in [-0.3, -0.25) is 0 Å². The molecule has 0 aliphatic carbocycles. The third kappa shape index (κ3) is 7.20. The van der Waals surface area contributed by atoms with Crippen molar-refractivity contribution in [1.29, 1.82) is 0 Å². The van der Waals surface area contributed by atoms with E-state index in [2.05, 4.69) is 58.4 Å². The summed E-state index contributed by atoms with van der Waals surface area (Å²) < 4.78 is 26.6. The number of hydrogen-bond donors (Lipinski definition) is 2. The lowest BCUT2D eigenvalue weighted by atomic mass is 10.2. The summed E-state index contributed by atoms with van der Waals surface area (Å²) in [5, 5.41) is 8.00. The van der Waals surface area contributed by atoms with Crippen molar-refractivity contribution >= 4 is 48.2 Å². The molecule has 9 nitrogen and oxygen atoms in total. The fraction of sp³-hybridized carbons (Fsp3) is 0.375. The Hall–Kier alpha value is -2.60. The molecule has 0 spiro atoms. The Morgan fingerprint density at radius 2 is 1.91 bits per heavy atom. The Balaban J connectivity index is 1.34. The minimum atomic E-state index is -3.72. The van der Waals surface area contributed by atoms with Crippen molar-refractivity contribution in [1.82, 2.24) is 30.1 Å². The second-order valence-electron chi connectivity index (χ2n) is 8.55. The van der Waals surface area contributed by atoms with E-state index in [9.17, 15) is 8.42 Å². The van der Waals surface area contributed by atoms with Gasteiger partial charge in [-0.15, -0.1) is 0 Å². The number of benzene rings is 1. The summed E-state index contributed by atoms with van der Waals surface area (Å²) in [7, 11) is -1.57. The number of aromatic nitrogens is 3. The molecule has 0 atom stereocenters. The third-order valence-corrected chi connectivity index (χ3v) is 7.68. The summed E-state index contributed by atoms with van der Waals surface area (Å²) in [4.78, 5) is 17.5. The first-order valence-electron chi connectivity index (χ1n) is 11.6. The zero-order chi connectivity index (χ0) is 24.7. The number of nitrogens with zero attached hydrogens (tertiary/aromatic N) is 5. The van der Waals surface area contributed by atoms with Crippen LogP contribution in [0, 0.1) is 0 Å². The predicted molar refractivity (Wildman–Crippen MR) is 142 cm³/mol. The van der Waals surface area contributed by atoms with E-state index < -0.39 is 9.84 Å². The van der Waals surface area contributed by atoms with Crippen LogP contribution in [0.5, 0.6) is 0 Å².